The van der Waals surface area contributed by atoms with E-state index in [1.54, 1.807) is 6.20 Å². The van der Waals surface area contributed by atoms with Crippen molar-refractivity contribution >= 4 is 34.6 Å². The van der Waals surface area contributed by atoms with Crippen molar-refractivity contribution in [3.8, 4) is 11.3 Å². The molecule has 33 heavy (non-hydrogen) atoms. The summed E-state index contributed by atoms with van der Waals surface area (Å²) in [6.07, 6.45) is 2.79. The van der Waals surface area contributed by atoms with E-state index >= 15 is 0 Å². The van der Waals surface area contributed by atoms with E-state index in [0.717, 1.165) is 40.4 Å². The van der Waals surface area contributed by atoms with Crippen molar-refractivity contribution in [2.75, 3.05) is 4.90 Å². The van der Waals surface area contributed by atoms with Gasteiger partial charge in [-0.1, -0.05) is 42.8 Å². The highest BCUT2D eigenvalue weighted by atomic mass is 35.5. The van der Waals surface area contributed by atoms with Crippen LogP contribution in [-0.2, 0) is 6.42 Å². The van der Waals surface area contributed by atoms with Gasteiger partial charge in [-0.2, -0.15) is 0 Å². The van der Waals surface area contributed by atoms with Crippen LogP contribution in [0.25, 0.3) is 11.3 Å². The fourth-order valence-electron chi connectivity index (χ4n) is 4.33. The van der Waals surface area contributed by atoms with Crippen molar-refractivity contribution in [2.24, 2.45) is 0 Å². The number of halogens is 1. The molecule has 1 aliphatic rings. The fourth-order valence-corrected chi connectivity index (χ4v) is 4.85. The Hall–Kier alpha value is -3.15. The van der Waals surface area contributed by atoms with Crippen LogP contribution in [0.15, 0.2) is 83.4 Å². The van der Waals surface area contributed by atoms with Gasteiger partial charge in [0.25, 0.3) is 0 Å². The smallest absolute Gasteiger partial charge is 0.174 e. The van der Waals surface area contributed by atoms with Crippen LogP contribution in [0.5, 0.6) is 0 Å². The second-order valence-corrected chi connectivity index (χ2v) is 9.00. The van der Waals surface area contributed by atoms with Crippen molar-refractivity contribution in [3.63, 3.8) is 0 Å². The van der Waals surface area contributed by atoms with Gasteiger partial charge in [-0.3, -0.25) is 4.98 Å². The summed E-state index contributed by atoms with van der Waals surface area (Å²) in [6, 6.07) is 24.0. The topological polar surface area (TPSA) is 41.3 Å². The first-order valence-corrected chi connectivity index (χ1v) is 11.8. The zero-order valence-corrected chi connectivity index (χ0v) is 20.0. The number of nitrogens with one attached hydrogen (secondary N) is 1. The Bertz CT molecular complexity index is 1290. The van der Waals surface area contributed by atoms with Gasteiger partial charge in [-0.25, -0.2) is 0 Å². The van der Waals surface area contributed by atoms with Crippen LogP contribution < -0.4 is 10.2 Å². The Morgan fingerprint density at radius 3 is 2.61 bits per heavy atom. The van der Waals surface area contributed by atoms with Crippen molar-refractivity contribution in [1.29, 1.82) is 0 Å². The Balaban J connectivity index is 1.60. The maximum absolute atomic E-state index is 6.46. The number of anilines is 1. The van der Waals surface area contributed by atoms with Crippen molar-refractivity contribution in [3.05, 3.63) is 107 Å². The zero-order valence-electron chi connectivity index (χ0n) is 18.5. The number of pyridine rings is 1. The molecule has 0 aliphatic carbocycles. The first-order chi connectivity index (χ1) is 16.0. The third-order valence-electron chi connectivity index (χ3n) is 6.10. The molecule has 1 aliphatic heterocycles. The van der Waals surface area contributed by atoms with Gasteiger partial charge in [0.1, 0.15) is 17.6 Å². The number of thiocarbonyl (C=S) groups is 1. The van der Waals surface area contributed by atoms with Crippen molar-refractivity contribution in [1.82, 2.24) is 10.3 Å². The molecule has 0 radical (unpaired) electrons. The number of nitrogens with zero attached hydrogens (tertiary/aromatic N) is 2. The van der Waals surface area contributed by atoms with E-state index < -0.39 is 0 Å². The Kier molecular flexibility index (Phi) is 5.92. The predicted octanol–water partition coefficient (Wildman–Crippen LogP) is 7.04. The standard InChI is InChI=1S/C27H24ClN3OS/c1-3-18-8-11-20(12-9-18)31-26(25(30-27(31)33)22-6-4-5-15-29-22)24-14-13-23(32-24)21-16-19(28)10-7-17(21)2/h4-16,25-26H,3H2,1-2H3,(H,30,33)/t25-,26+/m1/s1. The molecule has 4 aromatic rings. The number of hydrogen-bond acceptors (Lipinski definition) is 3. The molecule has 1 N–H and O–H groups in total. The largest absolute Gasteiger partial charge is 0.459 e. The summed E-state index contributed by atoms with van der Waals surface area (Å²) < 4.78 is 6.46. The lowest BCUT2D eigenvalue weighted by atomic mass is 10.0. The molecule has 2 atom stereocenters. The Morgan fingerprint density at radius 2 is 1.88 bits per heavy atom. The molecule has 0 spiro atoms. The fraction of sp³-hybridized carbons (Fsp3) is 0.185. The molecule has 4 nitrogen and oxygen atoms in total. The first-order valence-electron chi connectivity index (χ1n) is 11.0. The molecule has 2 aromatic heterocycles. The maximum atomic E-state index is 6.46. The molecule has 1 saturated heterocycles. The monoisotopic (exact) mass is 473 g/mol. The van der Waals surface area contributed by atoms with Gasteiger partial charge in [-0.05, 0) is 85.2 Å². The summed E-state index contributed by atoms with van der Waals surface area (Å²) in [7, 11) is 0. The third-order valence-corrected chi connectivity index (χ3v) is 6.65. The van der Waals surface area contributed by atoms with E-state index in [2.05, 4.69) is 53.3 Å². The molecular weight excluding hydrogens is 450 g/mol. The van der Waals surface area contributed by atoms with E-state index in [1.807, 2.05) is 48.5 Å². The van der Waals surface area contributed by atoms with E-state index in [0.29, 0.717) is 10.1 Å². The van der Waals surface area contributed by atoms with E-state index in [-0.39, 0.29) is 12.1 Å². The first kappa shape index (κ1) is 21.7. The lowest BCUT2D eigenvalue weighted by Gasteiger charge is -2.26. The van der Waals surface area contributed by atoms with Crippen molar-refractivity contribution in [2.45, 2.75) is 32.4 Å². The van der Waals surface area contributed by atoms with Crippen LogP contribution in [-0.4, -0.2) is 10.1 Å². The van der Waals surface area contributed by atoms with Gasteiger partial charge in [0.05, 0.1) is 11.7 Å². The molecule has 0 bridgehead atoms. The molecule has 5 rings (SSSR count). The number of furan rings is 1. The highest BCUT2D eigenvalue weighted by molar-refractivity contribution is 7.80. The number of aromatic nitrogens is 1. The highest BCUT2D eigenvalue weighted by Gasteiger charge is 2.42. The lowest BCUT2D eigenvalue weighted by Crippen LogP contribution is -2.29. The SMILES string of the molecule is CCc1ccc(N2C(=S)N[C@H](c3ccccn3)[C@@H]2c2ccc(-c3cc(Cl)ccc3C)o2)cc1. The molecule has 3 heterocycles. The van der Waals surface area contributed by atoms with Crippen LogP contribution in [0.3, 0.4) is 0 Å². The molecule has 0 amide bonds. The highest BCUT2D eigenvalue weighted by Crippen LogP contribution is 2.43. The summed E-state index contributed by atoms with van der Waals surface area (Å²) >= 11 is 12.1. The summed E-state index contributed by atoms with van der Waals surface area (Å²) in [6.45, 7) is 4.21. The van der Waals surface area contributed by atoms with Gasteiger partial charge in [0.2, 0.25) is 0 Å². The van der Waals surface area contributed by atoms with E-state index in [1.165, 1.54) is 5.56 Å². The molecule has 166 valence electrons. The average molecular weight is 474 g/mol. The molecule has 2 aromatic carbocycles. The lowest BCUT2D eigenvalue weighted by molar-refractivity contribution is 0.439. The third kappa shape index (κ3) is 4.14. The Labute approximate surface area is 204 Å². The number of benzene rings is 2. The summed E-state index contributed by atoms with van der Waals surface area (Å²) in [5.74, 6) is 1.59. The second kappa shape index (κ2) is 9.00. The predicted molar refractivity (Wildman–Crippen MR) is 138 cm³/mol. The van der Waals surface area contributed by atoms with Crippen LogP contribution in [0.2, 0.25) is 5.02 Å². The van der Waals surface area contributed by atoms with Crippen LogP contribution in [0.4, 0.5) is 5.69 Å². The summed E-state index contributed by atoms with van der Waals surface area (Å²) in [5.41, 5.74) is 5.30. The normalized spacial score (nSPS) is 17.9. The van der Waals surface area contributed by atoms with E-state index in [9.17, 15) is 0 Å². The molecule has 1 fully saturated rings. The van der Waals surface area contributed by atoms with Gasteiger partial charge in [0.15, 0.2) is 5.11 Å². The maximum Gasteiger partial charge on any atom is 0.174 e. The summed E-state index contributed by atoms with van der Waals surface area (Å²) in [4.78, 5) is 6.74. The number of hydrogen-bond donors (Lipinski definition) is 1. The molecule has 6 heteroatoms. The van der Waals surface area contributed by atoms with E-state index in [4.69, 9.17) is 28.2 Å². The summed E-state index contributed by atoms with van der Waals surface area (Å²) in [5, 5.41) is 4.81. The Morgan fingerprint density at radius 1 is 1.06 bits per heavy atom. The van der Waals surface area contributed by atoms with Gasteiger partial charge in [0, 0.05) is 22.5 Å². The van der Waals surface area contributed by atoms with Crippen LogP contribution in [0, 0.1) is 6.92 Å². The minimum atomic E-state index is -0.187. The quantitative estimate of drug-likeness (QED) is 0.315. The van der Waals surface area contributed by atoms with Gasteiger partial charge in [-0.15, -0.1) is 0 Å². The van der Waals surface area contributed by atoms with Crippen LogP contribution in [0.1, 0.15) is 41.6 Å². The molecule has 0 unspecified atom stereocenters. The van der Waals surface area contributed by atoms with Crippen LogP contribution >= 0.6 is 23.8 Å². The average Bonchev–Trinajstić information content (AvgIpc) is 3.46. The molecule has 0 saturated carbocycles. The second-order valence-electron chi connectivity index (χ2n) is 8.18. The zero-order chi connectivity index (χ0) is 22.9. The molecular formula is C27H24ClN3OS. The number of rotatable bonds is 5. The minimum Gasteiger partial charge on any atom is -0.459 e. The minimum absolute atomic E-state index is 0.149. The van der Waals surface area contributed by atoms with Gasteiger partial charge < -0.3 is 14.6 Å². The number of aryl methyl sites for hydroxylation is 2. The van der Waals surface area contributed by atoms with Crippen molar-refractivity contribution < 1.29 is 4.42 Å². The van der Waals surface area contributed by atoms with Gasteiger partial charge >= 0.3 is 0 Å².